The molecular formula is C57H35N3O2. The molecule has 12 rings (SSSR count). The molecule has 62 heavy (non-hydrogen) atoms. The summed E-state index contributed by atoms with van der Waals surface area (Å²) in [6.07, 6.45) is 0. The molecule has 290 valence electrons. The zero-order valence-electron chi connectivity index (χ0n) is 33.4. The summed E-state index contributed by atoms with van der Waals surface area (Å²) in [6, 6.07) is 73.3. The van der Waals surface area contributed by atoms with Gasteiger partial charge in [0.05, 0.1) is 0 Å². The van der Waals surface area contributed by atoms with Gasteiger partial charge in [-0.15, -0.1) is 0 Å². The molecule has 0 aliphatic carbocycles. The molecule has 0 saturated carbocycles. The van der Waals surface area contributed by atoms with Crippen LogP contribution >= 0.6 is 0 Å². The van der Waals surface area contributed by atoms with Crippen molar-refractivity contribution in [2.45, 2.75) is 0 Å². The SMILES string of the molecule is c1ccc(-c2nc(-c3ccc4oc5ccc(-c6ccccc6)c(-c6ccccc6)c5c4c3)nc(-c3ccc4oc5ccc(-c6ccccc6)c(-c6ccccc6)c5c4c3)n2)cc1. The molecule has 0 saturated heterocycles. The molecule has 0 spiro atoms. The fourth-order valence-corrected chi connectivity index (χ4v) is 8.89. The van der Waals surface area contributed by atoms with Crippen LogP contribution in [0.15, 0.2) is 221 Å². The number of furan rings is 2. The molecule has 0 radical (unpaired) electrons. The predicted octanol–water partition coefficient (Wildman–Crippen LogP) is 15.3. The number of hydrogen-bond donors (Lipinski definition) is 0. The van der Waals surface area contributed by atoms with Crippen LogP contribution in [-0.4, -0.2) is 15.0 Å². The molecular weight excluding hydrogens is 759 g/mol. The Morgan fingerprint density at radius 1 is 0.258 bits per heavy atom. The van der Waals surface area contributed by atoms with Crippen molar-refractivity contribution in [1.29, 1.82) is 0 Å². The average Bonchev–Trinajstić information content (AvgIpc) is 3.92. The van der Waals surface area contributed by atoms with Crippen LogP contribution in [0.5, 0.6) is 0 Å². The maximum Gasteiger partial charge on any atom is 0.164 e. The maximum absolute atomic E-state index is 6.57. The van der Waals surface area contributed by atoms with Crippen LogP contribution in [0, 0.1) is 0 Å². The summed E-state index contributed by atoms with van der Waals surface area (Å²) >= 11 is 0. The van der Waals surface area contributed by atoms with Gasteiger partial charge >= 0.3 is 0 Å². The number of benzene rings is 9. The molecule has 0 bridgehead atoms. The summed E-state index contributed by atoms with van der Waals surface area (Å²) in [5.74, 6) is 1.73. The quantitative estimate of drug-likeness (QED) is 0.161. The van der Waals surface area contributed by atoms with E-state index in [0.29, 0.717) is 17.5 Å². The predicted molar refractivity (Wildman–Crippen MR) is 252 cm³/mol. The van der Waals surface area contributed by atoms with Crippen LogP contribution in [0.25, 0.3) is 123 Å². The van der Waals surface area contributed by atoms with Gasteiger partial charge in [-0.05, 0) is 81.9 Å². The minimum absolute atomic E-state index is 0.569. The summed E-state index contributed by atoms with van der Waals surface area (Å²) in [5.41, 5.74) is 14.9. The van der Waals surface area contributed by atoms with E-state index in [-0.39, 0.29) is 0 Å². The highest BCUT2D eigenvalue weighted by atomic mass is 16.3. The van der Waals surface area contributed by atoms with Crippen molar-refractivity contribution in [3.8, 4) is 78.7 Å². The lowest BCUT2D eigenvalue weighted by atomic mass is 9.90. The van der Waals surface area contributed by atoms with Crippen molar-refractivity contribution in [2.24, 2.45) is 0 Å². The van der Waals surface area contributed by atoms with Gasteiger partial charge in [0.25, 0.3) is 0 Å². The van der Waals surface area contributed by atoms with Crippen molar-refractivity contribution < 1.29 is 8.83 Å². The van der Waals surface area contributed by atoms with Crippen molar-refractivity contribution in [2.75, 3.05) is 0 Å². The van der Waals surface area contributed by atoms with Gasteiger partial charge in [0, 0.05) is 49.4 Å². The number of nitrogens with zero attached hydrogens (tertiary/aromatic N) is 3. The van der Waals surface area contributed by atoms with E-state index < -0.39 is 0 Å². The normalized spacial score (nSPS) is 11.5. The van der Waals surface area contributed by atoms with Crippen LogP contribution in [-0.2, 0) is 0 Å². The Bertz CT molecular complexity index is 3380. The summed E-state index contributed by atoms with van der Waals surface area (Å²) in [4.78, 5) is 15.5. The molecule has 12 aromatic rings. The standard InChI is InChI=1S/C57H35N3O2/c1-6-16-36(17-7-1)43-28-32-49-53(51(43)38-20-10-3-11-21-38)45-34-41(26-30-47(45)61-49)56-58-55(40-24-14-5-15-25-40)59-57(60-56)42-27-31-48-46(35-42)54-50(62-48)33-29-44(37-18-8-2-9-19-37)52(54)39-22-12-4-13-23-39/h1-35H. The van der Waals surface area contributed by atoms with Crippen LogP contribution in [0.1, 0.15) is 0 Å². The number of aromatic nitrogens is 3. The smallest absolute Gasteiger partial charge is 0.164 e. The first-order chi connectivity index (χ1) is 30.7. The van der Waals surface area contributed by atoms with E-state index in [1.54, 1.807) is 0 Å². The third kappa shape index (κ3) is 6.06. The summed E-state index contributed by atoms with van der Waals surface area (Å²) in [6.45, 7) is 0. The van der Waals surface area contributed by atoms with Gasteiger partial charge < -0.3 is 8.83 Å². The second kappa shape index (κ2) is 14.7. The lowest BCUT2D eigenvalue weighted by molar-refractivity contribution is 0.668. The van der Waals surface area contributed by atoms with E-state index in [9.17, 15) is 0 Å². The van der Waals surface area contributed by atoms with E-state index in [2.05, 4.69) is 158 Å². The highest BCUT2D eigenvalue weighted by Gasteiger charge is 2.22. The molecule has 3 aromatic heterocycles. The highest BCUT2D eigenvalue weighted by Crippen LogP contribution is 2.45. The first-order valence-electron chi connectivity index (χ1n) is 20.8. The Hall–Kier alpha value is -8.41. The third-order valence-corrected chi connectivity index (χ3v) is 11.8. The lowest BCUT2D eigenvalue weighted by Gasteiger charge is -2.13. The number of rotatable bonds is 7. The molecule has 0 atom stereocenters. The molecule has 0 unspecified atom stereocenters. The van der Waals surface area contributed by atoms with Crippen LogP contribution in [0.2, 0.25) is 0 Å². The van der Waals surface area contributed by atoms with E-state index >= 15 is 0 Å². The number of hydrogen-bond acceptors (Lipinski definition) is 5. The molecule has 0 fully saturated rings. The molecule has 0 aliphatic rings. The second-order valence-corrected chi connectivity index (χ2v) is 15.5. The monoisotopic (exact) mass is 793 g/mol. The van der Waals surface area contributed by atoms with Gasteiger partial charge in [0.1, 0.15) is 22.3 Å². The Kier molecular flexibility index (Phi) is 8.42. The van der Waals surface area contributed by atoms with E-state index in [4.69, 9.17) is 23.8 Å². The molecule has 0 N–H and O–H groups in total. The van der Waals surface area contributed by atoms with Crippen LogP contribution in [0.3, 0.4) is 0 Å². The van der Waals surface area contributed by atoms with E-state index in [0.717, 1.165) is 105 Å². The fraction of sp³-hybridized carbons (Fsp3) is 0. The summed E-state index contributed by atoms with van der Waals surface area (Å²) < 4.78 is 13.1. The zero-order valence-corrected chi connectivity index (χ0v) is 33.4. The van der Waals surface area contributed by atoms with Crippen molar-refractivity contribution in [3.63, 3.8) is 0 Å². The van der Waals surface area contributed by atoms with Crippen LogP contribution in [0.4, 0.5) is 0 Å². The third-order valence-electron chi connectivity index (χ3n) is 11.8. The van der Waals surface area contributed by atoms with Gasteiger partial charge in [-0.3, -0.25) is 0 Å². The van der Waals surface area contributed by atoms with Crippen molar-refractivity contribution in [1.82, 2.24) is 15.0 Å². The first kappa shape index (κ1) is 35.5. The number of fused-ring (bicyclic) bond motifs is 6. The Balaban J connectivity index is 1.08. The van der Waals surface area contributed by atoms with Gasteiger partial charge in [-0.25, -0.2) is 15.0 Å². The van der Waals surface area contributed by atoms with Crippen molar-refractivity contribution in [3.05, 3.63) is 212 Å². The summed E-state index contributed by atoms with van der Waals surface area (Å²) in [5, 5.41) is 4.08. The van der Waals surface area contributed by atoms with E-state index in [1.165, 1.54) is 0 Å². The Morgan fingerprint density at radius 3 is 0.968 bits per heavy atom. The maximum atomic E-state index is 6.57. The van der Waals surface area contributed by atoms with Gasteiger partial charge in [-0.1, -0.05) is 164 Å². The minimum atomic E-state index is 0.569. The van der Waals surface area contributed by atoms with E-state index in [1.807, 2.05) is 54.6 Å². The topological polar surface area (TPSA) is 65.0 Å². The van der Waals surface area contributed by atoms with Crippen molar-refractivity contribution >= 4 is 43.9 Å². The van der Waals surface area contributed by atoms with Crippen LogP contribution < -0.4 is 0 Å². The highest BCUT2D eigenvalue weighted by molar-refractivity contribution is 6.18. The largest absolute Gasteiger partial charge is 0.456 e. The molecule has 0 amide bonds. The zero-order chi connectivity index (χ0) is 41.0. The molecule has 5 heteroatoms. The average molecular weight is 794 g/mol. The fourth-order valence-electron chi connectivity index (χ4n) is 8.89. The first-order valence-corrected chi connectivity index (χ1v) is 20.8. The molecule has 9 aromatic carbocycles. The molecule has 3 heterocycles. The summed E-state index contributed by atoms with van der Waals surface area (Å²) in [7, 11) is 0. The molecule has 5 nitrogen and oxygen atoms in total. The van der Waals surface area contributed by atoms with Gasteiger partial charge in [0.15, 0.2) is 17.5 Å². The Morgan fingerprint density at radius 2 is 0.581 bits per heavy atom. The van der Waals surface area contributed by atoms with Gasteiger partial charge in [-0.2, -0.15) is 0 Å². The molecule has 0 aliphatic heterocycles. The minimum Gasteiger partial charge on any atom is -0.456 e. The van der Waals surface area contributed by atoms with Gasteiger partial charge in [0.2, 0.25) is 0 Å². The Labute approximate surface area is 357 Å². The lowest BCUT2D eigenvalue weighted by Crippen LogP contribution is -2.00. The second-order valence-electron chi connectivity index (χ2n) is 15.5.